The van der Waals surface area contributed by atoms with Crippen LogP contribution in [0.3, 0.4) is 0 Å². The van der Waals surface area contributed by atoms with Crippen LogP contribution in [-0.4, -0.2) is 5.91 Å². The van der Waals surface area contributed by atoms with Crippen LogP contribution in [0.1, 0.15) is 10.4 Å². The second kappa shape index (κ2) is 2.90. The summed E-state index contributed by atoms with van der Waals surface area (Å²) >= 11 is 0. The zero-order chi connectivity index (χ0) is 9.26. The fraction of sp³-hybridized carbons (Fsp3) is 0. The maximum absolute atomic E-state index is 11.0. The van der Waals surface area contributed by atoms with Crippen molar-refractivity contribution in [2.75, 3.05) is 0 Å². The van der Waals surface area contributed by atoms with E-state index < -0.39 is 0 Å². The molecule has 0 aliphatic heterocycles. The third-order valence-corrected chi connectivity index (χ3v) is 2.06. The molecule has 2 aliphatic carbocycles. The molecule has 0 spiro atoms. The van der Waals surface area contributed by atoms with Gasteiger partial charge in [0.1, 0.15) is 0 Å². The highest BCUT2D eigenvalue weighted by atomic mass is 16.1. The Kier molecular flexibility index (Phi) is 1.74. The highest BCUT2D eigenvalue weighted by Gasteiger charge is 2.10. The van der Waals surface area contributed by atoms with E-state index in [-0.39, 0.29) is 5.91 Å². The molecule has 0 fully saturated rings. The molecule has 0 saturated carbocycles. The lowest BCUT2D eigenvalue weighted by Gasteiger charge is -1.94. The SMILES string of the molecule is NC(=O)c1ccc2cccccc1-2. The fourth-order valence-corrected chi connectivity index (χ4v) is 1.43. The number of amides is 1. The molecule has 0 heterocycles. The van der Waals surface area contributed by atoms with Crippen LogP contribution >= 0.6 is 0 Å². The van der Waals surface area contributed by atoms with Gasteiger partial charge in [0.2, 0.25) is 5.91 Å². The maximum atomic E-state index is 11.0. The number of carbonyl (C=O) groups is 1. The predicted molar refractivity (Wildman–Crippen MR) is 51.6 cm³/mol. The molecule has 64 valence electrons. The molecule has 0 aromatic rings. The summed E-state index contributed by atoms with van der Waals surface area (Å²) in [6.07, 6.45) is 0. The first-order chi connectivity index (χ1) is 6.29. The van der Waals surface area contributed by atoms with Crippen molar-refractivity contribution in [3.05, 3.63) is 48.0 Å². The summed E-state index contributed by atoms with van der Waals surface area (Å²) in [5.74, 6) is -0.374. The van der Waals surface area contributed by atoms with Gasteiger partial charge in [-0.1, -0.05) is 36.4 Å². The highest BCUT2D eigenvalue weighted by molar-refractivity contribution is 6.01. The molecule has 0 saturated heterocycles. The topological polar surface area (TPSA) is 43.1 Å². The molecule has 2 nitrogen and oxygen atoms in total. The van der Waals surface area contributed by atoms with E-state index in [1.165, 1.54) is 0 Å². The molecule has 0 aromatic carbocycles. The van der Waals surface area contributed by atoms with Gasteiger partial charge in [-0.3, -0.25) is 4.79 Å². The van der Waals surface area contributed by atoms with Gasteiger partial charge in [-0.25, -0.2) is 0 Å². The third kappa shape index (κ3) is 1.26. The Balaban J connectivity index is 2.68. The fourth-order valence-electron chi connectivity index (χ4n) is 1.43. The summed E-state index contributed by atoms with van der Waals surface area (Å²) in [5.41, 5.74) is 7.77. The molecule has 2 heteroatoms. The minimum atomic E-state index is -0.374. The molecule has 0 aromatic heterocycles. The average molecular weight is 171 g/mol. The monoisotopic (exact) mass is 171 g/mol. The largest absolute Gasteiger partial charge is 0.366 e. The quantitative estimate of drug-likeness (QED) is 0.699. The zero-order valence-corrected chi connectivity index (χ0v) is 7.03. The number of nitrogens with two attached hydrogens (primary N) is 1. The lowest BCUT2D eigenvalue weighted by atomic mass is 10.1. The first-order valence-corrected chi connectivity index (χ1v) is 4.06. The number of primary amides is 1. The number of fused-ring (bicyclic) bond motifs is 1. The van der Waals surface area contributed by atoms with E-state index in [0.29, 0.717) is 5.56 Å². The van der Waals surface area contributed by atoms with Crippen LogP contribution in [0.2, 0.25) is 0 Å². The van der Waals surface area contributed by atoms with Crippen LogP contribution in [0.25, 0.3) is 11.1 Å². The van der Waals surface area contributed by atoms with Crippen LogP contribution in [0, 0.1) is 0 Å². The van der Waals surface area contributed by atoms with E-state index in [4.69, 9.17) is 5.73 Å². The summed E-state index contributed by atoms with van der Waals surface area (Å²) < 4.78 is 0. The normalized spacial score (nSPS) is 10.2. The van der Waals surface area contributed by atoms with Crippen molar-refractivity contribution in [1.82, 2.24) is 0 Å². The smallest absolute Gasteiger partial charge is 0.249 e. The van der Waals surface area contributed by atoms with Gasteiger partial charge in [-0.15, -0.1) is 0 Å². The highest BCUT2D eigenvalue weighted by Crippen LogP contribution is 2.25. The maximum Gasteiger partial charge on any atom is 0.249 e. The van der Waals surface area contributed by atoms with Crippen molar-refractivity contribution in [3.8, 4) is 11.1 Å². The predicted octanol–water partition coefficient (Wildman–Crippen LogP) is 1.89. The lowest BCUT2D eigenvalue weighted by Crippen LogP contribution is -2.10. The average Bonchev–Trinajstić information content (AvgIpc) is 2.36. The first-order valence-electron chi connectivity index (χ1n) is 4.06. The van der Waals surface area contributed by atoms with Crippen LogP contribution in [0.4, 0.5) is 0 Å². The Hall–Kier alpha value is -1.83. The van der Waals surface area contributed by atoms with E-state index in [2.05, 4.69) is 0 Å². The minimum absolute atomic E-state index is 0.374. The van der Waals surface area contributed by atoms with Gasteiger partial charge < -0.3 is 5.73 Å². The zero-order valence-electron chi connectivity index (χ0n) is 7.03. The van der Waals surface area contributed by atoms with Gasteiger partial charge in [0.15, 0.2) is 0 Å². The summed E-state index contributed by atoms with van der Waals surface area (Å²) in [5, 5.41) is 0. The van der Waals surface area contributed by atoms with Crippen LogP contribution in [-0.2, 0) is 0 Å². The summed E-state index contributed by atoms with van der Waals surface area (Å²) in [6.45, 7) is 0. The summed E-state index contributed by atoms with van der Waals surface area (Å²) in [7, 11) is 0. The second-order valence-corrected chi connectivity index (χ2v) is 2.89. The Morgan fingerprint density at radius 3 is 2.54 bits per heavy atom. The van der Waals surface area contributed by atoms with Crippen molar-refractivity contribution in [2.24, 2.45) is 5.73 Å². The number of hydrogen-bond donors (Lipinski definition) is 1. The first kappa shape index (κ1) is 7.80. The van der Waals surface area contributed by atoms with E-state index in [1.807, 2.05) is 36.4 Å². The van der Waals surface area contributed by atoms with Crippen LogP contribution in [0.5, 0.6) is 0 Å². The van der Waals surface area contributed by atoms with Crippen LogP contribution in [0.15, 0.2) is 42.5 Å². The number of hydrogen-bond acceptors (Lipinski definition) is 1. The standard InChI is InChI=1S/C11H9NO/c12-11(13)10-7-6-8-4-2-1-3-5-9(8)10/h1-7H,(H2,12,13). The molecule has 0 atom stereocenters. The van der Waals surface area contributed by atoms with E-state index in [9.17, 15) is 4.79 Å². The van der Waals surface area contributed by atoms with Gasteiger partial charge in [-0.2, -0.15) is 0 Å². The van der Waals surface area contributed by atoms with E-state index in [1.54, 1.807) is 6.07 Å². The molecular weight excluding hydrogens is 162 g/mol. The minimum Gasteiger partial charge on any atom is -0.366 e. The van der Waals surface area contributed by atoms with Crippen molar-refractivity contribution in [2.45, 2.75) is 0 Å². The Morgan fingerprint density at radius 1 is 1.00 bits per heavy atom. The van der Waals surface area contributed by atoms with Crippen molar-refractivity contribution in [1.29, 1.82) is 0 Å². The number of carbonyl (C=O) groups excluding carboxylic acids is 1. The van der Waals surface area contributed by atoms with Gasteiger partial charge >= 0.3 is 0 Å². The molecule has 0 bridgehead atoms. The third-order valence-electron chi connectivity index (χ3n) is 2.06. The molecule has 2 aliphatic rings. The molecule has 1 amide bonds. The Bertz CT molecular complexity index is 422. The summed E-state index contributed by atoms with van der Waals surface area (Å²) in [4.78, 5) is 11.0. The van der Waals surface area contributed by atoms with Crippen molar-refractivity contribution >= 4 is 5.91 Å². The van der Waals surface area contributed by atoms with Crippen molar-refractivity contribution < 1.29 is 4.79 Å². The van der Waals surface area contributed by atoms with Gasteiger partial charge in [-0.05, 0) is 17.2 Å². The molecule has 0 radical (unpaired) electrons. The number of rotatable bonds is 1. The van der Waals surface area contributed by atoms with Gasteiger partial charge in [0, 0.05) is 5.56 Å². The molecule has 2 N–H and O–H groups in total. The van der Waals surface area contributed by atoms with Crippen molar-refractivity contribution in [3.63, 3.8) is 0 Å². The molecule has 2 rings (SSSR count). The molecular formula is C11H9NO. The lowest BCUT2D eigenvalue weighted by molar-refractivity contribution is 0.100. The van der Waals surface area contributed by atoms with Gasteiger partial charge in [0.05, 0.1) is 0 Å². The summed E-state index contributed by atoms with van der Waals surface area (Å²) in [6, 6.07) is 13.3. The Morgan fingerprint density at radius 2 is 1.77 bits per heavy atom. The Labute approximate surface area is 76.3 Å². The van der Waals surface area contributed by atoms with Gasteiger partial charge in [0.25, 0.3) is 0 Å². The van der Waals surface area contributed by atoms with E-state index >= 15 is 0 Å². The van der Waals surface area contributed by atoms with E-state index in [0.717, 1.165) is 11.1 Å². The second-order valence-electron chi connectivity index (χ2n) is 2.89. The molecule has 13 heavy (non-hydrogen) atoms. The van der Waals surface area contributed by atoms with Crippen LogP contribution < -0.4 is 5.73 Å². The molecule has 0 unspecified atom stereocenters.